The normalized spacial score (nSPS) is 27.0. The Bertz CT molecular complexity index is 942. The molecule has 2 saturated heterocycles. The number of rotatable bonds is 7. The summed E-state index contributed by atoms with van der Waals surface area (Å²) in [6, 6.07) is 0.737. The van der Waals surface area contributed by atoms with Gasteiger partial charge in [0.15, 0.2) is 0 Å². The highest BCUT2D eigenvalue weighted by molar-refractivity contribution is 5.87. The van der Waals surface area contributed by atoms with E-state index in [0.29, 0.717) is 18.0 Å². The first-order valence-corrected chi connectivity index (χ1v) is 11.9. The number of carbonyl (C=O) groups is 1. The van der Waals surface area contributed by atoms with E-state index >= 15 is 0 Å². The minimum absolute atomic E-state index is 0.157. The molecular weight excluding hydrogens is 388 g/mol. The Morgan fingerprint density at radius 1 is 1.16 bits per heavy atom. The molecule has 168 valence electrons. The summed E-state index contributed by atoms with van der Waals surface area (Å²) >= 11 is 0. The average molecular weight is 425 g/mol. The molecule has 2 aromatic heterocycles. The fourth-order valence-corrected chi connectivity index (χ4v) is 5.43. The van der Waals surface area contributed by atoms with Gasteiger partial charge in [-0.25, -0.2) is 4.98 Å². The zero-order chi connectivity index (χ0) is 21.8. The summed E-state index contributed by atoms with van der Waals surface area (Å²) in [6.45, 7) is 13.0. The van der Waals surface area contributed by atoms with Gasteiger partial charge in [-0.1, -0.05) is 0 Å². The topological polar surface area (TPSA) is 59.2 Å². The lowest BCUT2D eigenvalue weighted by atomic mass is 9.75. The molecule has 7 heteroatoms. The van der Waals surface area contributed by atoms with E-state index in [1.807, 2.05) is 17.2 Å². The van der Waals surface area contributed by atoms with Gasteiger partial charge in [0, 0.05) is 68.7 Å². The van der Waals surface area contributed by atoms with Crippen LogP contribution >= 0.6 is 0 Å². The minimum atomic E-state index is -0.334. The number of hydrogen-bond acceptors (Lipinski definition) is 4. The average Bonchev–Trinajstić information content (AvgIpc) is 3.11. The second-order valence-corrected chi connectivity index (χ2v) is 10.6. The molecule has 0 N–H and O–H groups in total. The Morgan fingerprint density at radius 2 is 1.97 bits per heavy atom. The van der Waals surface area contributed by atoms with Gasteiger partial charge in [0.25, 0.3) is 0 Å². The molecule has 0 unspecified atom stereocenters. The Hall–Kier alpha value is -2.15. The van der Waals surface area contributed by atoms with Crippen molar-refractivity contribution in [3.8, 4) is 0 Å². The van der Waals surface area contributed by atoms with Crippen LogP contribution in [-0.4, -0.2) is 61.2 Å². The van der Waals surface area contributed by atoms with E-state index < -0.39 is 0 Å². The van der Waals surface area contributed by atoms with Crippen molar-refractivity contribution in [3.63, 3.8) is 0 Å². The van der Waals surface area contributed by atoms with Gasteiger partial charge < -0.3 is 9.47 Å². The molecule has 1 saturated carbocycles. The monoisotopic (exact) mass is 424 g/mol. The van der Waals surface area contributed by atoms with E-state index in [4.69, 9.17) is 4.98 Å². The summed E-state index contributed by atoms with van der Waals surface area (Å²) in [7, 11) is 0. The summed E-state index contributed by atoms with van der Waals surface area (Å²) in [5.74, 6) is 1.25. The highest BCUT2D eigenvalue weighted by Gasteiger charge is 2.58. The SMILES string of the molecule is CC(C)n1cnc([C@H]2CN(Cc3cnn(C(C)C)c3)C[C@@]23CCN(CC2CC2)C3=O)c1. The molecule has 0 radical (unpaired) electrons. The third-order valence-electron chi connectivity index (χ3n) is 7.50. The number of amides is 1. The molecule has 5 rings (SSSR count). The van der Waals surface area contributed by atoms with Crippen LogP contribution in [0.2, 0.25) is 0 Å². The standard InChI is InChI=1S/C24H36N6O/c1-17(2)29-14-22(25-16-29)21-13-27(10-20-9-26-30(12-20)18(3)4)15-24(21)7-8-28(23(24)31)11-19-5-6-19/h9,12,14,16-19,21H,5-8,10-11,13,15H2,1-4H3/t21-,24+/m1/s1. The van der Waals surface area contributed by atoms with Crippen molar-refractivity contribution in [2.24, 2.45) is 11.3 Å². The predicted octanol–water partition coefficient (Wildman–Crippen LogP) is 3.47. The summed E-state index contributed by atoms with van der Waals surface area (Å²) in [5.41, 5.74) is 1.97. The van der Waals surface area contributed by atoms with Crippen molar-refractivity contribution >= 4 is 5.91 Å². The van der Waals surface area contributed by atoms with E-state index in [0.717, 1.165) is 50.8 Å². The predicted molar refractivity (Wildman–Crippen MR) is 120 cm³/mol. The maximum Gasteiger partial charge on any atom is 0.230 e. The van der Waals surface area contributed by atoms with E-state index in [1.54, 1.807) is 0 Å². The van der Waals surface area contributed by atoms with Crippen LogP contribution in [0.3, 0.4) is 0 Å². The van der Waals surface area contributed by atoms with Crippen molar-refractivity contribution in [2.75, 3.05) is 26.2 Å². The lowest BCUT2D eigenvalue weighted by Crippen LogP contribution is -2.40. The Balaban J connectivity index is 1.40. The summed E-state index contributed by atoms with van der Waals surface area (Å²) in [6.07, 6.45) is 11.7. The highest BCUT2D eigenvalue weighted by Crippen LogP contribution is 2.50. The molecule has 1 aliphatic carbocycles. The first kappa shape index (κ1) is 20.7. The van der Waals surface area contributed by atoms with Crippen LogP contribution in [0, 0.1) is 11.3 Å². The molecule has 4 heterocycles. The van der Waals surface area contributed by atoms with Crippen LogP contribution in [0.25, 0.3) is 0 Å². The fraction of sp³-hybridized carbons (Fsp3) is 0.708. The quantitative estimate of drug-likeness (QED) is 0.683. The second-order valence-electron chi connectivity index (χ2n) is 10.6. The van der Waals surface area contributed by atoms with Crippen LogP contribution in [0.5, 0.6) is 0 Å². The van der Waals surface area contributed by atoms with Gasteiger partial charge in [0.1, 0.15) is 0 Å². The van der Waals surface area contributed by atoms with Crippen LogP contribution in [0.1, 0.15) is 76.2 Å². The maximum atomic E-state index is 13.8. The zero-order valence-electron chi connectivity index (χ0n) is 19.4. The zero-order valence-corrected chi connectivity index (χ0v) is 19.4. The van der Waals surface area contributed by atoms with Crippen molar-refractivity contribution in [3.05, 3.63) is 36.2 Å². The van der Waals surface area contributed by atoms with Gasteiger partial charge >= 0.3 is 0 Å². The van der Waals surface area contributed by atoms with Crippen molar-refractivity contribution in [1.82, 2.24) is 29.1 Å². The van der Waals surface area contributed by atoms with E-state index in [-0.39, 0.29) is 11.3 Å². The Labute approximate surface area is 185 Å². The lowest BCUT2D eigenvalue weighted by Gasteiger charge is -2.28. The number of carbonyl (C=O) groups excluding carboxylic acids is 1. The summed E-state index contributed by atoms with van der Waals surface area (Å²) < 4.78 is 4.18. The van der Waals surface area contributed by atoms with Crippen molar-refractivity contribution in [1.29, 1.82) is 0 Å². The van der Waals surface area contributed by atoms with Gasteiger partial charge in [-0.3, -0.25) is 14.4 Å². The maximum absolute atomic E-state index is 13.8. The lowest BCUT2D eigenvalue weighted by molar-refractivity contribution is -0.136. The summed E-state index contributed by atoms with van der Waals surface area (Å²) in [5, 5.41) is 4.51. The largest absolute Gasteiger partial charge is 0.342 e. The van der Waals surface area contributed by atoms with Crippen LogP contribution < -0.4 is 0 Å². The first-order valence-electron chi connectivity index (χ1n) is 11.9. The van der Waals surface area contributed by atoms with Crippen LogP contribution in [-0.2, 0) is 11.3 Å². The molecule has 2 aliphatic heterocycles. The molecular formula is C24H36N6O. The number of nitrogens with zero attached hydrogens (tertiary/aromatic N) is 6. The molecule has 2 aromatic rings. The molecule has 3 aliphatic rings. The molecule has 0 bridgehead atoms. The van der Waals surface area contributed by atoms with Crippen LogP contribution in [0.4, 0.5) is 0 Å². The van der Waals surface area contributed by atoms with Gasteiger partial charge in [0.05, 0.1) is 23.6 Å². The number of aromatic nitrogens is 4. The Kier molecular flexibility index (Phi) is 5.19. The minimum Gasteiger partial charge on any atom is -0.342 e. The number of likely N-dealkylation sites (tertiary alicyclic amines) is 2. The molecule has 1 spiro atoms. The number of hydrogen-bond donors (Lipinski definition) is 0. The van der Waals surface area contributed by atoms with Gasteiger partial charge in [-0.05, 0) is 52.9 Å². The number of imidazole rings is 1. The van der Waals surface area contributed by atoms with Crippen molar-refractivity contribution < 1.29 is 4.79 Å². The third-order valence-corrected chi connectivity index (χ3v) is 7.50. The molecule has 3 fully saturated rings. The Morgan fingerprint density at radius 3 is 2.61 bits per heavy atom. The molecule has 2 atom stereocenters. The second kappa shape index (κ2) is 7.76. The van der Waals surface area contributed by atoms with E-state index in [9.17, 15) is 4.79 Å². The van der Waals surface area contributed by atoms with E-state index in [1.165, 1.54) is 18.4 Å². The van der Waals surface area contributed by atoms with Gasteiger partial charge in [-0.2, -0.15) is 5.10 Å². The molecule has 31 heavy (non-hydrogen) atoms. The highest BCUT2D eigenvalue weighted by atomic mass is 16.2. The third kappa shape index (κ3) is 3.81. The molecule has 0 aromatic carbocycles. The molecule has 7 nitrogen and oxygen atoms in total. The first-order chi connectivity index (χ1) is 14.9. The van der Waals surface area contributed by atoms with Crippen LogP contribution in [0.15, 0.2) is 24.9 Å². The molecule has 1 amide bonds. The fourth-order valence-electron chi connectivity index (χ4n) is 5.43. The van der Waals surface area contributed by atoms with Gasteiger partial charge in [0.2, 0.25) is 5.91 Å². The summed E-state index contributed by atoms with van der Waals surface area (Å²) in [4.78, 5) is 23.2. The van der Waals surface area contributed by atoms with E-state index in [2.05, 4.69) is 59.6 Å². The van der Waals surface area contributed by atoms with Crippen molar-refractivity contribution in [2.45, 2.75) is 71.5 Å². The smallest absolute Gasteiger partial charge is 0.230 e. The van der Waals surface area contributed by atoms with Gasteiger partial charge in [-0.15, -0.1) is 0 Å².